The number of nitro groups is 1. The predicted molar refractivity (Wildman–Crippen MR) is 70.7 cm³/mol. The molecule has 0 amide bonds. The van der Waals surface area contributed by atoms with Crippen LogP contribution in [0.15, 0.2) is 40.0 Å². The lowest BCUT2D eigenvalue weighted by Crippen LogP contribution is -2.14. The van der Waals surface area contributed by atoms with Crippen molar-refractivity contribution in [2.45, 2.75) is 10.2 Å². The third-order valence-electron chi connectivity index (χ3n) is 2.40. The minimum Gasteiger partial charge on any atom is -0.409 e. The van der Waals surface area contributed by atoms with Crippen molar-refractivity contribution in [3.63, 3.8) is 0 Å². The van der Waals surface area contributed by atoms with Gasteiger partial charge in [0.2, 0.25) is 0 Å². The average Bonchev–Trinajstić information content (AvgIpc) is 2.83. The van der Waals surface area contributed by atoms with Crippen LogP contribution in [0.3, 0.4) is 0 Å². The number of imidazole rings is 1. The molecule has 2 aromatic heterocycles. The number of rotatable bonds is 4. The topological polar surface area (TPSA) is 132 Å². The second-order valence-corrected chi connectivity index (χ2v) is 4.67. The van der Waals surface area contributed by atoms with E-state index in [1.54, 1.807) is 24.0 Å². The third-order valence-corrected chi connectivity index (χ3v) is 3.48. The van der Waals surface area contributed by atoms with Crippen molar-refractivity contribution < 1.29 is 10.1 Å². The zero-order valence-electron chi connectivity index (χ0n) is 10.3. The second kappa shape index (κ2) is 5.57. The highest BCUT2D eigenvalue weighted by molar-refractivity contribution is 7.99. The van der Waals surface area contributed by atoms with E-state index in [2.05, 4.69) is 15.1 Å². The molecule has 2 rings (SSSR count). The zero-order chi connectivity index (χ0) is 14.7. The highest BCUT2D eigenvalue weighted by Crippen LogP contribution is 2.32. The van der Waals surface area contributed by atoms with Crippen molar-refractivity contribution in [1.29, 1.82) is 0 Å². The monoisotopic (exact) mass is 294 g/mol. The van der Waals surface area contributed by atoms with Gasteiger partial charge < -0.3 is 15.5 Å². The summed E-state index contributed by atoms with van der Waals surface area (Å²) in [6.07, 6.45) is 4.60. The van der Waals surface area contributed by atoms with Gasteiger partial charge in [-0.1, -0.05) is 5.16 Å². The van der Waals surface area contributed by atoms with Gasteiger partial charge in [0.15, 0.2) is 16.0 Å². The average molecular weight is 294 g/mol. The van der Waals surface area contributed by atoms with Gasteiger partial charge in [0.05, 0.1) is 4.92 Å². The molecule has 0 saturated carbocycles. The lowest BCUT2D eigenvalue weighted by Gasteiger charge is -2.04. The molecule has 0 radical (unpaired) electrons. The smallest absolute Gasteiger partial charge is 0.302 e. The first-order chi connectivity index (χ1) is 9.52. The van der Waals surface area contributed by atoms with Gasteiger partial charge in [-0.15, -0.1) is 0 Å². The summed E-state index contributed by atoms with van der Waals surface area (Å²) in [5.74, 6) is -0.242. The third kappa shape index (κ3) is 2.69. The van der Waals surface area contributed by atoms with Crippen molar-refractivity contribution in [3.8, 4) is 0 Å². The van der Waals surface area contributed by atoms with E-state index in [-0.39, 0.29) is 22.1 Å². The first kappa shape index (κ1) is 13.8. The summed E-state index contributed by atoms with van der Waals surface area (Å²) in [7, 11) is 1.77. The van der Waals surface area contributed by atoms with E-state index in [9.17, 15) is 10.1 Å². The quantitative estimate of drug-likeness (QED) is 0.282. The highest BCUT2D eigenvalue weighted by atomic mass is 32.2. The lowest BCUT2D eigenvalue weighted by atomic mass is 10.2. The highest BCUT2D eigenvalue weighted by Gasteiger charge is 2.20. The maximum Gasteiger partial charge on any atom is 0.302 e. The standard InChI is InChI=1S/C10H10N6O3S/c1-15-3-2-12-10(15)20-9-7(16(18)19)4-6(5-13-9)8(11)14-17/h2-5,17H,1H3,(H2,11,14). The fourth-order valence-corrected chi connectivity index (χ4v) is 2.22. The summed E-state index contributed by atoms with van der Waals surface area (Å²) >= 11 is 1.06. The van der Waals surface area contributed by atoms with Gasteiger partial charge in [-0.2, -0.15) is 0 Å². The number of oxime groups is 1. The maximum atomic E-state index is 11.1. The van der Waals surface area contributed by atoms with Crippen LogP contribution in [0.25, 0.3) is 0 Å². The van der Waals surface area contributed by atoms with E-state index in [1.165, 1.54) is 12.3 Å². The van der Waals surface area contributed by atoms with Crippen LogP contribution in [-0.2, 0) is 7.05 Å². The molecule has 0 aliphatic rings. The van der Waals surface area contributed by atoms with Crippen LogP contribution in [0.2, 0.25) is 0 Å². The van der Waals surface area contributed by atoms with Gasteiger partial charge in [0.25, 0.3) is 0 Å². The minimum absolute atomic E-state index is 0.170. The number of pyridine rings is 1. The van der Waals surface area contributed by atoms with E-state index in [0.29, 0.717) is 5.16 Å². The number of nitrogens with two attached hydrogens (primary N) is 1. The SMILES string of the molecule is Cn1ccnc1Sc1ncc(/C(N)=N/O)cc1[N+](=O)[O-]. The van der Waals surface area contributed by atoms with E-state index >= 15 is 0 Å². The van der Waals surface area contributed by atoms with Crippen LogP contribution in [0.4, 0.5) is 5.69 Å². The van der Waals surface area contributed by atoms with Crippen molar-refractivity contribution in [3.05, 3.63) is 40.3 Å². The molecule has 104 valence electrons. The summed E-state index contributed by atoms with van der Waals surface area (Å²) in [5.41, 5.74) is 5.32. The molecule has 0 saturated heterocycles. The number of aromatic nitrogens is 3. The normalized spacial score (nSPS) is 11.6. The summed E-state index contributed by atoms with van der Waals surface area (Å²) in [6.45, 7) is 0. The van der Waals surface area contributed by atoms with Crippen molar-refractivity contribution in [2.75, 3.05) is 0 Å². The van der Waals surface area contributed by atoms with Crippen molar-refractivity contribution >= 4 is 23.3 Å². The largest absolute Gasteiger partial charge is 0.409 e. The maximum absolute atomic E-state index is 11.1. The fraction of sp³-hybridized carbons (Fsp3) is 0.100. The fourth-order valence-electron chi connectivity index (χ4n) is 1.38. The number of nitrogens with zero attached hydrogens (tertiary/aromatic N) is 5. The molecule has 2 aromatic rings. The molecule has 9 nitrogen and oxygen atoms in total. The zero-order valence-corrected chi connectivity index (χ0v) is 11.1. The van der Waals surface area contributed by atoms with Gasteiger partial charge in [-0.3, -0.25) is 10.1 Å². The molecule has 0 aliphatic heterocycles. The molecule has 0 atom stereocenters. The summed E-state index contributed by atoms with van der Waals surface area (Å²) in [4.78, 5) is 18.5. The van der Waals surface area contributed by atoms with Crippen LogP contribution in [-0.4, -0.2) is 30.5 Å². The Labute approximate surface area is 117 Å². The van der Waals surface area contributed by atoms with Gasteiger partial charge in [-0.25, -0.2) is 9.97 Å². The predicted octanol–water partition coefficient (Wildman–Crippen LogP) is 0.969. The Morgan fingerprint density at radius 1 is 1.60 bits per heavy atom. The summed E-state index contributed by atoms with van der Waals surface area (Å²) in [6, 6.07) is 1.20. The molecule has 2 heterocycles. The lowest BCUT2D eigenvalue weighted by molar-refractivity contribution is -0.388. The Bertz CT molecular complexity index is 683. The van der Waals surface area contributed by atoms with E-state index < -0.39 is 4.92 Å². The summed E-state index contributed by atoms with van der Waals surface area (Å²) in [5, 5.41) is 23.2. The van der Waals surface area contributed by atoms with E-state index in [1.807, 2.05) is 0 Å². The number of hydrogen-bond donors (Lipinski definition) is 2. The van der Waals surface area contributed by atoms with Crippen molar-refractivity contribution in [1.82, 2.24) is 14.5 Å². The molecule has 0 spiro atoms. The van der Waals surface area contributed by atoms with E-state index in [4.69, 9.17) is 10.9 Å². The van der Waals surface area contributed by atoms with Gasteiger partial charge in [0.1, 0.15) is 0 Å². The Morgan fingerprint density at radius 3 is 2.90 bits per heavy atom. The Morgan fingerprint density at radius 2 is 2.35 bits per heavy atom. The van der Waals surface area contributed by atoms with Crippen LogP contribution in [0.5, 0.6) is 0 Å². The van der Waals surface area contributed by atoms with Crippen molar-refractivity contribution in [2.24, 2.45) is 17.9 Å². The number of amidine groups is 1. The Kier molecular flexibility index (Phi) is 3.84. The second-order valence-electron chi connectivity index (χ2n) is 3.71. The van der Waals surface area contributed by atoms with Gasteiger partial charge >= 0.3 is 5.69 Å². The molecule has 0 aliphatic carbocycles. The summed E-state index contributed by atoms with van der Waals surface area (Å²) < 4.78 is 1.72. The van der Waals surface area contributed by atoms with Gasteiger partial charge in [0, 0.05) is 37.3 Å². The molecule has 0 bridgehead atoms. The first-order valence-electron chi connectivity index (χ1n) is 5.30. The Hall–Kier alpha value is -2.62. The minimum atomic E-state index is -0.577. The van der Waals surface area contributed by atoms with Crippen LogP contribution in [0.1, 0.15) is 5.56 Å². The number of aryl methyl sites for hydroxylation is 1. The molecule has 20 heavy (non-hydrogen) atoms. The molecule has 3 N–H and O–H groups in total. The Balaban J connectivity index is 2.43. The molecular formula is C10H10N6O3S. The van der Waals surface area contributed by atoms with E-state index in [0.717, 1.165) is 11.8 Å². The van der Waals surface area contributed by atoms with Crippen LogP contribution in [0, 0.1) is 10.1 Å². The molecule has 0 unspecified atom stereocenters. The van der Waals surface area contributed by atoms with Gasteiger partial charge in [-0.05, 0) is 11.8 Å². The molecule has 10 heteroatoms. The van der Waals surface area contributed by atoms with Crippen LogP contribution >= 0.6 is 11.8 Å². The van der Waals surface area contributed by atoms with Crippen LogP contribution < -0.4 is 5.73 Å². The number of hydrogen-bond acceptors (Lipinski definition) is 7. The molecule has 0 fully saturated rings. The first-order valence-corrected chi connectivity index (χ1v) is 6.12. The molecule has 0 aromatic carbocycles. The molecular weight excluding hydrogens is 284 g/mol.